The van der Waals surface area contributed by atoms with Crippen molar-refractivity contribution in [3.8, 4) is 0 Å². The molecule has 0 unspecified atom stereocenters. The summed E-state index contributed by atoms with van der Waals surface area (Å²) in [6.07, 6.45) is 4.18. The monoisotopic (exact) mass is 99.1 g/mol. The number of hydrogen-bond acceptors (Lipinski definition) is 1. The van der Waals surface area contributed by atoms with Crippen LogP contribution in [0.1, 0.15) is 6.92 Å². The van der Waals surface area contributed by atoms with E-state index in [-0.39, 0.29) is 0 Å². The Morgan fingerprint density at radius 3 is 2.14 bits per heavy atom. The van der Waals surface area contributed by atoms with Crippen LogP contribution in [0.3, 0.4) is 0 Å². The molecule has 0 bridgehead atoms. The summed E-state index contributed by atoms with van der Waals surface area (Å²) in [6.45, 7) is 3.08. The molecule has 0 fully saturated rings. The first-order valence-corrected chi connectivity index (χ1v) is 2.53. The Morgan fingerprint density at radius 2 is 2.00 bits per heavy atom. The first kappa shape index (κ1) is 6.70. The summed E-state index contributed by atoms with van der Waals surface area (Å²) >= 11 is 0. The van der Waals surface area contributed by atoms with Crippen molar-refractivity contribution >= 4 is 0 Å². The molecule has 7 heavy (non-hydrogen) atoms. The van der Waals surface area contributed by atoms with Crippen LogP contribution in [0.25, 0.3) is 0 Å². The summed E-state index contributed by atoms with van der Waals surface area (Å²) in [4.78, 5) is 2.12. The standard InChI is InChI=1S/C6H13N/c1-4-5-6-7(2)3/h4-5H,6H2,1-3H3/b5-4+. The van der Waals surface area contributed by atoms with E-state index in [1.54, 1.807) is 0 Å². The Morgan fingerprint density at radius 1 is 1.43 bits per heavy atom. The maximum absolute atomic E-state index is 2.12. The fourth-order valence-corrected chi connectivity index (χ4v) is 0.316. The van der Waals surface area contributed by atoms with Crippen LogP contribution in [-0.2, 0) is 0 Å². The van der Waals surface area contributed by atoms with Gasteiger partial charge < -0.3 is 4.90 Å². The Kier molecular flexibility index (Phi) is 3.71. The average molecular weight is 99.2 g/mol. The van der Waals surface area contributed by atoms with Crippen LogP contribution in [0.15, 0.2) is 12.2 Å². The SMILES string of the molecule is C/C=C/CN(C)C. The van der Waals surface area contributed by atoms with E-state index in [0.29, 0.717) is 0 Å². The summed E-state index contributed by atoms with van der Waals surface area (Å²) in [6, 6.07) is 0. The second kappa shape index (κ2) is 3.88. The predicted octanol–water partition coefficient (Wildman–Crippen LogP) is 1.12. The molecule has 0 aromatic rings. The molecule has 0 amide bonds. The number of allylic oxidation sites excluding steroid dienone is 1. The van der Waals surface area contributed by atoms with E-state index in [1.807, 2.05) is 6.92 Å². The van der Waals surface area contributed by atoms with Crippen LogP contribution >= 0.6 is 0 Å². The lowest BCUT2D eigenvalue weighted by Gasteiger charge is -2.02. The lowest BCUT2D eigenvalue weighted by molar-refractivity contribution is 0.456. The normalized spacial score (nSPS) is 11.4. The maximum Gasteiger partial charge on any atom is 0.0157 e. The molecule has 0 heterocycles. The minimum atomic E-state index is 1.05. The molecular weight excluding hydrogens is 86.1 g/mol. The van der Waals surface area contributed by atoms with Crippen LogP contribution in [0.5, 0.6) is 0 Å². The van der Waals surface area contributed by atoms with E-state index in [2.05, 4.69) is 31.1 Å². The molecule has 0 spiro atoms. The van der Waals surface area contributed by atoms with Crippen molar-refractivity contribution in [1.29, 1.82) is 0 Å². The van der Waals surface area contributed by atoms with E-state index in [1.165, 1.54) is 0 Å². The summed E-state index contributed by atoms with van der Waals surface area (Å²) in [5.41, 5.74) is 0. The van der Waals surface area contributed by atoms with E-state index < -0.39 is 0 Å². The minimum absolute atomic E-state index is 1.05. The van der Waals surface area contributed by atoms with Crippen molar-refractivity contribution in [3.05, 3.63) is 12.2 Å². The van der Waals surface area contributed by atoms with Crippen molar-refractivity contribution in [1.82, 2.24) is 4.90 Å². The van der Waals surface area contributed by atoms with Gasteiger partial charge in [0, 0.05) is 6.54 Å². The van der Waals surface area contributed by atoms with Gasteiger partial charge in [-0.1, -0.05) is 12.2 Å². The van der Waals surface area contributed by atoms with Crippen LogP contribution in [-0.4, -0.2) is 25.5 Å². The van der Waals surface area contributed by atoms with Crippen molar-refractivity contribution in [2.45, 2.75) is 6.92 Å². The summed E-state index contributed by atoms with van der Waals surface area (Å²) < 4.78 is 0. The highest BCUT2D eigenvalue weighted by Gasteiger charge is 1.77. The van der Waals surface area contributed by atoms with Crippen LogP contribution in [0, 0.1) is 0 Å². The smallest absolute Gasteiger partial charge is 0.0157 e. The second-order valence-electron chi connectivity index (χ2n) is 1.83. The minimum Gasteiger partial charge on any atom is -0.306 e. The Labute approximate surface area is 45.6 Å². The maximum atomic E-state index is 2.12. The van der Waals surface area contributed by atoms with Gasteiger partial charge in [0.1, 0.15) is 0 Å². The van der Waals surface area contributed by atoms with Crippen LogP contribution < -0.4 is 0 Å². The van der Waals surface area contributed by atoms with Crippen molar-refractivity contribution in [3.63, 3.8) is 0 Å². The predicted molar refractivity (Wildman–Crippen MR) is 33.4 cm³/mol. The number of hydrogen-bond donors (Lipinski definition) is 0. The molecule has 0 rings (SSSR count). The van der Waals surface area contributed by atoms with Gasteiger partial charge in [0.15, 0.2) is 0 Å². The number of rotatable bonds is 2. The van der Waals surface area contributed by atoms with Gasteiger partial charge in [-0.3, -0.25) is 0 Å². The molecule has 0 aromatic heterocycles. The molecule has 1 heteroatoms. The number of likely N-dealkylation sites (N-methyl/N-ethyl adjacent to an activating group) is 1. The molecule has 0 saturated heterocycles. The molecule has 0 N–H and O–H groups in total. The third-order valence-corrected chi connectivity index (χ3v) is 0.706. The zero-order valence-electron chi connectivity index (χ0n) is 5.31. The van der Waals surface area contributed by atoms with Gasteiger partial charge in [0.2, 0.25) is 0 Å². The van der Waals surface area contributed by atoms with Gasteiger partial charge in [-0.2, -0.15) is 0 Å². The molecule has 0 aromatic carbocycles. The van der Waals surface area contributed by atoms with Gasteiger partial charge in [0.25, 0.3) is 0 Å². The second-order valence-corrected chi connectivity index (χ2v) is 1.83. The molecular formula is C6H13N. The highest BCUT2D eigenvalue weighted by Crippen LogP contribution is 1.74. The Bertz CT molecular complexity index is 55.2. The zero-order chi connectivity index (χ0) is 5.70. The van der Waals surface area contributed by atoms with E-state index >= 15 is 0 Å². The summed E-state index contributed by atoms with van der Waals surface area (Å²) in [5.74, 6) is 0. The molecule has 1 nitrogen and oxygen atoms in total. The van der Waals surface area contributed by atoms with Gasteiger partial charge in [-0.25, -0.2) is 0 Å². The fraction of sp³-hybridized carbons (Fsp3) is 0.667. The molecule has 0 atom stereocenters. The van der Waals surface area contributed by atoms with E-state index in [4.69, 9.17) is 0 Å². The van der Waals surface area contributed by atoms with E-state index in [0.717, 1.165) is 6.54 Å². The van der Waals surface area contributed by atoms with Crippen LogP contribution in [0.2, 0.25) is 0 Å². The van der Waals surface area contributed by atoms with Crippen molar-refractivity contribution < 1.29 is 0 Å². The highest BCUT2D eigenvalue weighted by atomic mass is 15.0. The van der Waals surface area contributed by atoms with Gasteiger partial charge in [0.05, 0.1) is 0 Å². The van der Waals surface area contributed by atoms with Crippen molar-refractivity contribution in [2.75, 3.05) is 20.6 Å². The fourth-order valence-electron chi connectivity index (χ4n) is 0.316. The quantitative estimate of drug-likeness (QED) is 0.469. The van der Waals surface area contributed by atoms with Gasteiger partial charge >= 0.3 is 0 Å². The first-order chi connectivity index (χ1) is 3.27. The molecule has 0 saturated carbocycles. The third-order valence-electron chi connectivity index (χ3n) is 0.706. The first-order valence-electron chi connectivity index (χ1n) is 2.53. The average Bonchev–Trinajstić information content (AvgIpc) is 1.61. The zero-order valence-corrected chi connectivity index (χ0v) is 5.31. The molecule has 42 valence electrons. The Balaban J connectivity index is 2.97. The summed E-state index contributed by atoms with van der Waals surface area (Å²) in [5, 5.41) is 0. The molecule has 0 aliphatic rings. The van der Waals surface area contributed by atoms with Crippen molar-refractivity contribution in [2.24, 2.45) is 0 Å². The van der Waals surface area contributed by atoms with Crippen LogP contribution in [0.4, 0.5) is 0 Å². The lowest BCUT2D eigenvalue weighted by Crippen LogP contribution is -2.10. The third kappa shape index (κ3) is 5.70. The van der Waals surface area contributed by atoms with Gasteiger partial charge in [-0.15, -0.1) is 0 Å². The molecule has 0 aliphatic carbocycles. The summed E-state index contributed by atoms with van der Waals surface area (Å²) in [7, 11) is 4.11. The molecule has 0 radical (unpaired) electrons. The Hall–Kier alpha value is -0.300. The highest BCUT2D eigenvalue weighted by molar-refractivity contribution is 4.78. The topological polar surface area (TPSA) is 3.24 Å². The van der Waals surface area contributed by atoms with E-state index in [9.17, 15) is 0 Å². The largest absolute Gasteiger partial charge is 0.306 e. The van der Waals surface area contributed by atoms with Gasteiger partial charge in [-0.05, 0) is 21.0 Å². The molecule has 0 aliphatic heterocycles. The number of nitrogens with zero attached hydrogens (tertiary/aromatic N) is 1. The lowest BCUT2D eigenvalue weighted by atomic mass is 10.5.